The zero-order valence-electron chi connectivity index (χ0n) is 13.6. The number of carboxylic acid groups (broad SMARTS) is 1. The number of fused-ring (bicyclic) bond motifs is 1. The van der Waals surface area contributed by atoms with Crippen LogP contribution in [-0.2, 0) is 0 Å². The first-order valence-electron chi connectivity index (χ1n) is 7.53. The Morgan fingerprint density at radius 2 is 2.12 bits per heavy atom. The average Bonchev–Trinajstić information content (AvgIpc) is 2.92. The second-order valence-electron chi connectivity index (χ2n) is 5.71. The standard InChI is InChI=1S/C16H18N6O2/c1-10(2)22(16(23)24)15-20-19-14-13(17-7-8-21(14)15)18-12-6-4-5-11(3)9-12/h4-10H,1-3H3,(H,17,18)(H,23,24). The first-order chi connectivity index (χ1) is 11.5. The minimum atomic E-state index is -1.08. The molecule has 0 aliphatic carbocycles. The maximum Gasteiger partial charge on any atom is 0.414 e. The quantitative estimate of drug-likeness (QED) is 0.765. The molecule has 2 N–H and O–H groups in total. The van der Waals surface area contributed by atoms with E-state index < -0.39 is 6.09 Å². The van der Waals surface area contributed by atoms with Gasteiger partial charge < -0.3 is 10.4 Å². The van der Waals surface area contributed by atoms with Crippen molar-refractivity contribution in [1.29, 1.82) is 0 Å². The third-order valence-corrected chi connectivity index (χ3v) is 3.53. The van der Waals surface area contributed by atoms with Crippen LogP contribution in [0, 0.1) is 6.92 Å². The summed E-state index contributed by atoms with van der Waals surface area (Å²) in [6.07, 6.45) is 2.15. The van der Waals surface area contributed by atoms with Crippen LogP contribution in [0.15, 0.2) is 36.7 Å². The highest BCUT2D eigenvalue weighted by Crippen LogP contribution is 2.23. The molecule has 0 unspecified atom stereocenters. The number of rotatable bonds is 4. The highest BCUT2D eigenvalue weighted by atomic mass is 16.4. The fourth-order valence-corrected chi connectivity index (χ4v) is 2.46. The smallest absolute Gasteiger partial charge is 0.414 e. The number of aromatic nitrogens is 4. The molecule has 0 bridgehead atoms. The Kier molecular flexibility index (Phi) is 4.03. The number of hydrogen-bond acceptors (Lipinski definition) is 5. The molecule has 2 heterocycles. The van der Waals surface area contributed by atoms with E-state index in [4.69, 9.17) is 0 Å². The van der Waals surface area contributed by atoms with Crippen LogP contribution in [-0.4, -0.2) is 36.8 Å². The molecule has 0 spiro atoms. The number of nitrogens with zero attached hydrogens (tertiary/aromatic N) is 5. The van der Waals surface area contributed by atoms with Crippen LogP contribution in [0.1, 0.15) is 19.4 Å². The lowest BCUT2D eigenvalue weighted by molar-refractivity contribution is 0.199. The normalized spacial score (nSPS) is 11.0. The second-order valence-corrected chi connectivity index (χ2v) is 5.71. The summed E-state index contributed by atoms with van der Waals surface area (Å²) in [7, 11) is 0. The molecule has 2 aromatic heterocycles. The molecule has 8 heteroatoms. The molecule has 0 aliphatic heterocycles. The molecule has 24 heavy (non-hydrogen) atoms. The van der Waals surface area contributed by atoms with Crippen molar-refractivity contribution >= 4 is 29.2 Å². The number of benzene rings is 1. The molecule has 0 fully saturated rings. The van der Waals surface area contributed by atoms with E-state index in [1.165, 1.54) is 0 Å². The number of carbonyl (C=O) groups is 1. The lowest BCUT2D eigenvalue weighted by atomic mass is 10.2. The number of hydrogen-bond donors (Lipinski definition) is 2. The summed E-state index contributed by atoms with van der Waals surface area (Å²) >= 11 is 0. The SMILES string of the molecule is Cc1cccc(Nc2nccn3c(N(C(=O)O)C(C)C)nnc23)c1. The van der Waals surface area contributed by atoms with Gasteiger partial charge in [-0.2, -0.15) is 0 Å². The second kappa shape index (κ2) is 6.15. The maximum absolute atomic E-state index is 11.5. The molecule has 0 radical (unpaired) electrons. The summed E-state index contributed by atoms with van der Waals surface area (Å²) in [5, 5.41) is 20.8. The Morgan fingerprint density at radius 3 is 2.79 bits per heavy atom. The third kappa shape index (κ3) is 2.85. The predicted octanol–water partition coefficient (Wildman–Crippen LogP) is 3.07. The highest BCUT2D eigenvalue weighted by molar-refractivity contribution is 5.85. The van der Waals surface area contributed by atoms with Crippen LogP contribution in [0.3, 0.4) is 0 Å². The van der Waals surface area contributed by atoms with E-state index in [2.05, 4.69) is 20.5 Å². The number of amides is 1. The van der Waals surface area contributed by atoms with Crippen molar-refractivity contribution in [3.8, 4) is 0 Å². The van der Waals surface area contributed by atoms with Gasteiger partial charge in [0.25, 0.3) is 0 Å². The molecule has 0 saturated carbocycles. The van der Waals surface area contributed by atoms with Crippen LogP contribution in [0.25, 0.3) is 5.65 Å². The third-order valence-electron chi connectivity index (χ3n) is 3.53. The molecule has 124 valence electrons. The van der Waals surface area contributed by atoms with Gasteiger partial charge in [0.2, 0.25) is 11.6 Å². The van der Waals surface area contributed by atoms with Gasteiger partial charge in [-0.25, -0.2) is 14.7 Å². The average molecular weight is 326 g/mol. The Balaban J connectivity index is 2.05. The van der Waals surface area contributed by atoms with E-state index in [1.54, 1.807) is 30.6 Å². The Bertz CT molecular complexity index is 889. The van der Waals surface area contributed by atoms with Crippen molar-refractivity contribution in [3.63, 3.8) is 0 Å². The fourth-order valence-electron chi connectivity index (χ4n) is 2.46. The summed E-state index contributed by atoms with van der Waals surface area (Å²) < 4.78 is 1.61. The summed E-state index contributed by atoms with van der Waals surface area (Å²) in [6.45, 7) is 5.56. The Hall–Kier alpha value is -3.16. The Morgan fingerprint density at radius 1 is 1.33 bits per heavy atom. The number of aryl methyl sites for hydroxylation is 1. The molecular formula is C16H18N6O2. The topological polar surface area (TPSA) is 95.7 Å². The van der Waals surface area contributed by atoms with Gasteiger partial charge in [0.1, 0.15) is 0 Å². The molecule has 0 aliphatic rings. The van der Waals surface area contributed by atoms with Gasteiger partial charge in [0.15, 0.2) is 5.82 Å². The van der Waals surface area contributed by atoms with E-state index in [9.17, 15) is 9.90 Å². The first-order valence-corrected chi connectivity index (χ1v) is 7.53. The highest BCUT2D eigenvalue weighted by Gasteiger charge is 2.24. The molecule has 3 aromatic rings. The minimum absolute atomic E-state index is 0.238. The zero-order valence-corrected chi connectivity index (χ0v) is 13.6. The van der Waals surface area contributed by atoms with Gasteiger partial charge in [-0.05, 0) is 38.5 Å². The van der Waals surface area contributed by atoms with Gasteiger partial charge in [0, 0.05) is 24.1 Å². The van der Waals surface area contributed by atoms with Crippen molar-refractivity contribution < 1.29 is 9.90 Å². The van der Waals surface area contributed by atoms with Gasteiger partial charge in [-0.15, -0.1) is 10.2 Å². The molecule has 0 saturated heterocycles. The van der Waals surface area contributed by atoms with Gasteiger partial charge >= 0.3 is 6.09 Å². The van der Waals surface area contributed by atoms with Crippen LogP contribution in [0.4, 0.5) is 22.2 Å². The van der Waals surface area contributed by atoms with Gasteiger partial charge in [-0.1, -0.05) is 12.1 Å². The van der Waals surface area contributed by atoms with Crippen molar-refractivity contribution in [2.75, 3.05) is 10.2 Å². The lowest BCUT2D eigenvalue weighted by Crippen LogP contribution is -2.37. The number of nitrogens with one attached hydrogen (secondary N) is 1. The summed E-state index contributed by atoms with van der Waals surface area (Å²) in [4.78, 5) is 17.0. The summed E-state index contributed by atoms with van der Waals surface area (Å²) in [6, 6.07) is 7.59. The summed E-state index contributed by atoms with van der Waals surface area (Å²) in [5.41, 5.74) is 2.45. The maximum atomic E-state index is 11.5. The van der Waals surface area contributed by atoms with E-state index in [0.717, 1.165) is 16.2 Å². The van der Waals surface area contributed by atoms with Crippen molar-refractivity contribution in [3.05, 3.63) is 42.2 Å². The van der Waals surface area contributed by atoms with Crippen LogP contribution in [0.2, 0.25) is 0 Å². The van der Waals surface area contributed by atoms with Gasteiger partial charge in [-0.3, -0.25) is 4.40 Å². The van der Waals surface area contributed by atoms with Crippen LogP contribution < -0.4 is 10.2 Å². The van der Waals surface area contributed by atoms with E-state index in [0.29, 0.717) is 11.5 Å². The van der Waals surface area contributed by atoms with E-state index in [-0.39, 0.29) is 12.0 Å². The monoisotopic (exact) mass is 326 g/mol. The van der Waals surface area contributed by atoms with Crippen molar-refractivity contribution in [1.82, 2.24) is 19.6 Å². The minimum Gasteiger partial charge on any atom is -0.465 e. The van der Waals surface area contributed by atoms with E-state index in [1.807, 2.05) is 31.2 Å². The van der Waals surface area contributed by atoms with Crippen LogP contribution in [0.5, 0.6) is 0 Å². The molecule has 3 rings (SSSR count). The molecular weight excluding hydrogens is 308 g/mol. The van der Waals surface area contributed by atoms with Crippen LogP contribution >= 0.6 is 0 Å². The van der Waals surface area contributed by atoms with Crippen molar-refractivity contribution in [2.24, 2.45) is 0 Å². The van der Waals surface area contributed by atoms with Crippen molar-refractivity contribution in [2.45, 2.75) is 26.8 Å². The predicted molar refractivity (Wildman–Crippen MR) is 90.9 cm³/mol. The molecule has 8 nitrogen and oxygen atoms in total. The van der Waals surface area contributed by atoms with E-state index >= 15 is 0 Å². The number of anilines is 3. The van der Waals surface area contributed by atoms with Gasteiger partial charge in [0.05, 0.1) is 0 Å². The summed E-state index contributed by atoms with van der Waals surface area (Å²) in [5.74, 6) is 0.748. The molecule has 1 aromatic carbocycles. The Labute approximate surface area is 138 Å². The molecule has 1 amide bonds. The lowest BCUT2D eigenvalue weighted by Gasteiger charge is -2.20. The fraction of sp³-hybridized carbons (Fsp3) is 0.250. The largest absolute Gasteiger partial charge is 0.465 e. The molecule has 0 atom stereocenters. The zero-order chi connectivity index (χ0) is 17.3. The first kappa shape index (κ1) is 15.7.